The van der Waals surface area contributed by atoms with Crippen LogP contribution in [0.15, 0.2) is 30.3 Å². The fourth-order valence-electron chi connectivity index (χ4n) is 1.29. The van der Waals surface area contributed by atoms with E-state index in [-0.39, 0.29) is 12.3 Å². The smallest absolute Gasteiger partial charge is 0.304 e. The van der Waals surface area contributed by atoms with Crippen molar-refractivity contribution in [2.24, 2.45) is 0 Å². The van der Waals surface area contributed by atoms with E-state index in [2.05, 4.69) is 11.8 Å². The topological polar surface area (TPSA) is 37.3 Å². The molecule has 0 fully saturated rings. The Morgan fingerprint density at radius 2 is 2.07 bits per heavy atom. The zero-order chi connectivity index (χ0) is 10.4. The summed E-state index contributed by atoms with van der Waals surface area (Å²) in [5, 5.41) is 8.70. The minimum absolute atomic E-state index is 0.0604. The monoisotopic (exact) mass is 188 g/mol. The summed E-state index contributed by atoms with van der Waals surface area (Å²) in [5.41, 5.74) is 0.962. The van der Waals surface area contributed by atoms with Crippen molar-refractivity contribution in [3.63, 3.8) is 0 Å². The molecule has 0 aliphatic heterocycles. The van der Waals surface area contributed by atoms with Gasteiger partial charge in [0.15, 0.2) is 0 Å². The summed E-state index contributed by atoms with van der Waals surface area (Å²) in [6.45, 7) is 1.72. The lowest BCUT2D eigenvalue weighted by Gasteiger charge is -2.07. The Balaban J connectivity index is 2.87. The summed E-state index contributed by atoms with van der Waals surface area (Å²) in [6, 6.07) is 9.49. The van der Waals surface area contributed by atoms with Gasteiger partial charge in [-0.25, -0.2) is 0 Å². The van der Waals surface area contributed by atoms with Crippen LogP contribution in [0, 0.1) is 11.8 Å². The quantitative estimate of drug-likeness (QED) is 0.739. The van der Waals surface area contributed by atoms with Crippen molar-refractivity contribution >= 4 is 5.97 Å². The van der Waals surface area contributed by atoms with Crippen LogP contribution < -0.4 is 0 Å². The van der Waals surface area contributed by atoms with Crippen molar-refractivity contribution in [3.8, 4) is 11.8 Å². The third kappa shape index (κ3) is 2.95. The Labute approximate surface area is 83.6 Å². The summed E-state index contributed by atoms with van der Waals surface area (Å²) in [6.07, 6.45) is 0.0604. The minimum atomic E-state index is -0.818. The summed E-state index contributed by atoms with van der Waals surface area (Å²) < 4.78 is 0. The molecule has 0 saturated heterocycles. The van der Waals surface area contributed by atoms with Gasteiger partial charge in [0.2, 0.25) is 0 Å². The standard InChI is InChI=1S/C12H12O2/c1-2-6-11(9-12(13)14)10-7-4-3-5-8-10/h3-5,7-8,11H,9H2,1H3,(H,13,14). The van der Waals surface area contributed by atoms with E-state index in [0.717, 1.165) is 5.56 Å². The number of carboxylic acid groups (broad SMARTS) is 1. The number of rotatable bonds is 3. The van der Waals surface area contributed by atoms with E-state index in [4.69, 9.17) is 5.11 Å². The number of carboxylic acids is 1. The highest BCUT2D eigenvalue weighted by Crippen LogP contribution is 2.18. The van der Waals surface area contributed by atoms with Crippen LogP contribution in [0.25, 0.3) is 0 Å². The average molecular weight is 188 g/mol. The lowest BCUT2D eigenvalue weighted by molar-refractivity contribution is -0.137. The number of carbonyl (C=O) groups is 1. The summed E-state index contributed by atoms with van der Waals surface area (Å²) in [4.78, 5) is 10.6. The Morgan fingerprint density at radius 1 is 1.43 bits per heavy atom. The molecule has 1 rings (SSSR count). The number of aliphatic carboxylic acids is 1. The van der Waals surface area contributed by atoms with Crippen molar-refractivity contribution in [1.29, 1.82) is 0 Å². The van der Waals surface area contributed by atoms with Gasteiger partial charge in [0.05, 0.1) is 12.3 Å². The van der Waals surface area contributed by atoms with Gasteiger partial charge in [0.1, 0.15) is 0 Å². The van der Waals surface area contributed by atoms with Crippen LogP contribution in [0.4, 0.5) is 0 Å². The van der Waals surface area contributed by atoms with Crippen molar-refractivity contribution in [1.82, 2.24) is 0 Å². The van der Waals surface area contributed by atoms with Crippen molar-refractivity contribution < 1.29 is 9.90 Å². The molecule has 0 heterocycles. The molecule has 0 aliphatic carbocycles. The molecule has 0 aliphatic rings. The third-order valence-electron chi connectivity index (χ3n) is 1.90. The summed E-state index contributed by atoms with van der Waals surface area (Å²) >= 11 is 0. The number of benzene rings is 1. The van der Waals surface area contributed by atoms with Crippen LogP contribution in [-0.4, -0.2) is 11.1 Å². The van der Waals surface area contributed by atoms with Gasteiger partial charge in [-0.15, -0.1) is 5.92 Å². The lowest BCUT2D eigenvalue weighted by Crippen LogP contribution is -2.04. The van der Waals surface area contributed by atoms with Gasteiger partial charge in [0, 0.05) is 0 Å². The Hall–Kier alpha value is -1.75. The number of hydrogen-bond donors (Lipinski definition) is 1. The molecule has 0 amide bonds. The molecule has 72 valence electrons. The molecule has 0 spiro atoms. The van der Waals surface area contributed by atoms with E-state index in [0.29, 0.717) is 0 Å². The van der Waals surface area contributed by atoms with E-state index < -0.39 is 5.97 Å². The maximum atomic E-state index is 10.6. The zero-order valence-corrected chi connectivity index (χ0v) is 8.03. The van der Waals surface area contributed by atoms with Crippen LogP contribution in [0.2, 0.25) is 0 Å². The molecular weight excluding hydrogens is 176 g/mol. The van der Waals surface area contributed by atoms with Crippen LogP contribution in [0.1, 0.15) is 24.8 Å². The molecule has 1 atom stereocenters. The van der Waals surface area contributed by atoms with Gasteiger partial charge in [0.25, 0.3) is 0 Å². The molecule has 2 heteroatoms. The molecule has 2 nitrogen and oxygen atoms in total. The second kappa shape index (κ2) is 5.08. The largest absolute Gasteiger partial charge is 0.481 e. The van der Waals surface area contributed by atoms with E-state index in [1.807, 2.05) is 30.3 Å². The molecular formula is C12H12O2. The molecule has 0 bridgehead atoms. The van der Waals surface area contributed by atoms with E-state index >= 15 is 0 Å². The van der Waals surface area contributed by atoms with Crippen molar-refractivity contribution in [3.05, 3.63) is 35.9 Å². The van der Waals surface area contributed by atoms with E-state index in [1.165, 1.54) is 0 Å². The maximum absolute atomic E-state index is 10.6. The highest BCUT2D eigenvalue weighted by molar-refractivity contribution is 5.68. The van der Waals surface area contributed by atoms with Gasteiger partial charge >= 0.3 is 5.97 Å². The fraction of sp³-hybridized carbons (Fsp3) is 0.250. The highest BCUT2D eigenvalue weighted by atomic mass is 16.4. The Bertz CT molecular complexity index is 357. The Morgan fingerprint density at radius 3 is 2.57 bits per heavy atom. The van der Waals surface area contributed by atoms with E-state index in [1.54, 1.807) is 6.92 Å². The molecule has 0 aromatic heterocycles. The van der Waals surface area contributed by atoms with Crippen LogP contribution in [-0.2, 0) is 4.79 Å². The molecule has 1 unspecified atom stereocenters. The molecule has 1 N–H and O–H groups in total. The molecule has 14 heavy (non-hydrogen) atoms. The zero-order valence-electron chi connectivity index (χ0n) is 8.03. The SMILES string of the molecule is CC#CC(CC(=O)O)c1ccccc1. The first kappa shape index (κ1) is 10.3. The first-order valence-electron chi connectivity index (χ1n) is 4.43. The summed E-state index contributed by atoms with van der Waals surface area (Å²) in [5.74, 6) is 4.64. The third-order valence-corrected chi connectivity index (χ3v) is 1.90. The van der Waals surface area contributed by atoms with Gasteiger partial charge in [-0.1, -0.05) is 36.3 Å². The van der Waals surface area contributed by atoms with Crippen LogP contribution in [0.3, 0.4) is 0 Å². The average Bonchev–Trinajstić information content (AvgIpc) is 2.18. The molecule has 0 saturated carbocycles. The second-order valence-corrected chi connectivity index (χ2v) is 2.96. The predicted molar refractivity (Wildman–Crippen MR) is 54.9 cm³/mol. The highest BCUT2D eigenvalue weighted by Gasteiger charge is 2.11. The first-order valence-corrected chi connectivity index (χ1v) is 4.43. The van der Waals surface area contributed by atoms with Crippen molar-refractivity contribution in [2.75, 3.05) is 0 Å². The van der Waals surface area contributed by atoms with Crippen molar-refractivity contribution in [2.45, 2.75) is 19.3 Å². The van der Waals surface area contributed by atoms with Gasteiger partial charge < -0.3 is 5.11 Å². The number of hydrogen-bond acceptors (Lipinski definition) is 1. The fourth-order valence-corrected chi connectivity index (χ4v) is 1.29. The van der Waals surface area contributed by atoms with E-state index in [9.17, 15) is 4.79 Å². The molecule has 1 aromatic rings. The van der Waals surface area contributed by atoms with Gasteiger partial charge in [-0.3, -0.25) is 4.79 Å². The molecule has 0 radical (unpaired) electrons. The lowest BCUT2D eigenvalue weighted by atomic mass is 9.96. The van der Waals surface area contributed by atoms with Crippen LogP contribution >= 0.6 is 0 Å². The van der Waals surface area contributed by atoms with Crippen LogP contribution in [0.5, 0.6) is 0 Å². The Kier molecular flexibility index (Phi) is 3.75. The normalized spacial score (nSPS) is 11.2. The maximum Gasteiger partial charge on any atom is 0.304 e. The van der Waals surface area contributed by atoms with Gasteiger partial charge in [-0.05, 0) is 12.5 Å². The minimum Gasteiger partial charge on any atom is -0.481 e. The predicted octanol–water partition coefficient (Wildman–Crippen LogP) is 2.27. The first-order chi connectivity index (χ1) is 6.74. The van der Waals surface area contributed by atoms with Gasteiger partial charge in [-0.2, -0.15) is 0 Å². The molecule has 1 aromatic carbocycles. The summed E-state index contributed by atoms with van der Waals surface area (Å²) in [7, 11) is 0. The second-order valence-electron chi connectivity index (χ2n) is 2.96.